The molecule has 200 valence electrons. The predicted molar refractivity (Wildman–Crippen MR) is 151 cm³/mol. The van der Waals surface area contributed by atoms with E-state index in [-0.39, 0.29) is 0 Å². The van der Waals surface area contributed by atoms with Gasteiger partial charge in [0.05, 0.1) is 18.8 Å². The molecular formula is C28H36N8OS. The van der Waals surface area contributed by atoms with Crippen LogP contribution in [-0.4, -0.2) is 56.1 Å². The van der Waals surface area contributed by atoms with Crippen LogP contribution in [0.2, 0.25) is 0 Å². The molecule has 6 rings (SSSR count). The summed E-state index contributed by atoms with van der Waals surface area (Å²) in [4.78, 5) is 4.84. The maximum atomic E-state index is 5.69. The Morgan fingerprint density at radius 1 is 1.16 bits per heavy atom. The van der Waals surface area contributed by atoms with E-state index < -0.39 is 0 Å². The molecule has 0 radical (unpaired) electrons. The zero-order valence-corrected chi connectivity index (χ0v) is 23.1. The summed E-state index contributed by atoms with van der Waals surface area (Å²) in [6.45, 7) is 6.55. The van der Waals surface area contributed by atoms with E-state index in [1.54, 1.807) is 11.3 Å². The van der Waals surface area contributed by atoms with Crippen molar-refractivity contribution >= 4 is 27.9 Å². The monoisotopic (exact) mass is 532 g/mol. The highest BCUT2D eigenvalue weighted by molar-refractivity contribution is 7.13. The van der Waals surface area contributed by atoms with Crippen LogP contribution in [0.15, 0.2) is 47.9 Å². The molecule has 3 aromatic rings. The summed E-state index contributed by atoms with van der Waals surface area (Å²) in [6.07, 6.45) is 19.1. The van der Waals surface area contributed by atoms with Crippen LogP contribution in [-0.2, 0) is 24.8 Å². The third-order valence-corrected chi connectivity index (χ3v) is 8.48. The summed E-state index contributed by atoms with van der Waals surface area (Å²) in [5.74, 6) is 1.11. The van der Waals surface area contributed by atoms with Crippen LogP contribution in [0.4, 0.5) is 10.9 Å². The third-order valence-electron chi connectivity index (χ3n) is 7.73. The van der Waals surface area contributed by atoms with Crippen molar-refractivity contribution in [2.45, 2.75) is 58.0 Å². The Balaban J connectivity index is 1.41. The lowest BCUT2D eigenvalue weighted by Crippen LogP contribution is -2.33. The first-order chi connectivity index (χ1) is 18.7. The standard InChI is InChI=1S/C28H36N8OS/c1-3-23-9-8-21(22-17-30-33(2)18-22)7-5-4-6-13-35(23)27-25-19-34(28-31-29-20-38-28)14-10-26(25)36(32-27)24-11-15-37-16-12-24/h5,7-9,17-18,20,24H,3-4,6,10-16,19H2,1-2H3/b7-5+,21-8+,23-9+. The maximum absolute atomic E-state index is 5.69. The average Bonchev–Trinajstić information content (AvgIpc) is 3.71. The molecule has 1 saturated heterocycles. The molecule has 3 aliphatic heterocycles. The molecule has 0 aliphatic carbocycles. The van der Waals surface area contributed by atoms with Gasteiger partial charge in [-0.05, 0) is 43.8 Å². The van der Waals surface area contributed by atoms with E-state index in [0.29, 0.717) is 6.04 Å². The van der Waals surface area contributed by atoms with E-state index in [1.807, 2.05) is 23.4 Å². The number of hydrogen-bond acceptors (Lipinski definition) is 8. The van der Waals surface area contributed by atoms with Gasteiger partial charge in [0.1, 0.15) is 5.51 Å². The van der Waals surface area contributed by atoms with Crippen LogP contribution < -0.4 is 9.80 Å². The number of hydrogen-bond donors (Lipinski definition) is 0. The lowest BCUT2D eigenvalue weighted by atomic mass is 10.0. The molecule has 10 heteroatoms. The van der Waals surface area contributed by atoms with Gasteiger partial charge >= 0.3 is 0 Å². The van der Waals surface area contributed by atoms with Gasteiger partial charge in [-0.2, -0.15) is 10.2 Å². The molecular weight excluding hydrogens is 496 g/mol. The highest BCUT2D eigenvalue weighted by Crippen LogP contribution is 2.37. The van der Waals surface area contributed by atoms with Gasteiger partial charge < -0.3 is 14.5 Å². The maximum Gasteiger partial charge on any atom is 0.208 e. The fourth-order valence-corrected chi connectivity index (χ4v) is 6.30. The van der Waals surface area contributed by atoms with Crippen LogP contribution in [0.3, 0.4) is 0 Å². The van der Waals surface area contributed by atoms with Crippen molar-refractivity contribution in [3.8, 4) is 0 Å². The number of aryl methyl sites for hydroxylation is 1. The van der Waals surface area contributed by atoms with Crippen molar-refractivity contribution in [3.05, 3.63) is 64.7 Å². The number of allylic oxidation sites excluding steroid dienone is 6. The summed E-state index contributed by atoms with van der Waals surface area (Å²) >= 11 is 1.61. The van der Waals surface area contributed by atoms with Crippen LogP contribution in [0.1, 0.15) is 61.9 Å². The molecule has 0 bridgehead atoms. The van der Waals surface area contributed by atoms with Crippen LogP contribution in [0, 0.1) is 0 Å². The normalized spacial score (nSPS) is 22.9. The molecule has 3 aliphatic rings. The number of aromatic nitrogens is 6. The first-order valence-electron chi connectivity index (χ1n) is 13.7. The van der Waals surface area contributed by atoms with Crippen LogP contribution >= 0.6 is 11.3 Å². The van der Waals surface area contributed by atoms with Gasteiger partial charge in [-0.15, -0.1) is 10.2 Å². The minimum absolute atomic E-state index is 0.397. The fourth-order valence-electron chi connectivity index (χ4n) is 5.71. The highest BCUT2D eigenvalue weighted by Gasteiger charge is 2.32. The first kappa shape index (κ1) is 25.1. The van der Waals surface area contributed by atoms with Crippen molar-refractivity contribution in [2.24, 2.45) is 7.05 Å². The zero-order valence-electron chi connectivity index (χ0n) is 22.3. The lowest BCUT2D eigenvalue weighted by molar-refractivity contribution is 0.0654. The highest BCUT2D eigenvalue weighted by atomic mass is 32.1. The Labute approximate surface area is 228 Å². The van der Waals surface area contributed by atoms with E-state index in [9.17, 15) is 0 Å². The van der Waals surface area contributed by atoms with E-state index in [1.165, 1.54) is 22.5 Å². The number of ether oxygens (including phenoxy) is 1. The van der Waals surface area contributed by atoms with Gasteiger partial charge in [0, 0.05) is 68.5 Å². The smallest absolute Gasteiger partial charge is 0.208 e. The summed E-state index contributed by atoms with van der Waals surface area (Å²) in [7, 11) is 1.96. The molecule has 38 heavy (non-hydrogen) atoms. The van der Waals surface area contributed by atoms with Crippen molar-refractivity contribution < 1.29 is 4.74 Å². The van der Waals surface area contributed by atoms with Gasteiger partial charge in [-0.3, -0.25) is 9.36 Å². The molecule has 0 amide bonds. The summed E-state index contributed by atoms with van der Waals surface area (Å²) < 4.78 is 9.91. The van der Waals surface area contributed by atoms with Crippen LogP contribution in [0.5, 0.6) is 0 Å². The minimum atomic E-state index is 0.397. The van der Waals surface area contributed by atoms with E-state index in [2.05, 4.69) is 67.2 Å². The Hall–Kier alpha value is -3.24. The van der Waals surface area contributed by atoms with Crippen molar-refractivity contribution in [1.82, 2.24) is 29.8 Å². The number of nitrogens with zero attached hydrogens (tertiary/aromatic N) is 8. The zero-order chi connectivity index (χ0) is 25.9. The van der Waals surface area contributed by atoms with Gasteiger partial charge in [-0.1, -0.05) is 36.5 Å². The molecule has 6 heterocycles. The Morgan fingerprint density at radius 2 is 2.05 bits per heavy atom. The molecule has 0 spiro atoms. The van der Waals surface area contributed by atoms with Gasteiger partial charge in [0.2, 0.25) is 5.13 Å². The van der Waals surface area contributed by atoms with Gasteiger partial charge in [-0.25, -0.2) is 0 Å². The first-order valence-corrected chi connectivity index (χ1v) is 14.6. The number of anilines is 2. The molecule has 0 saturated carbocycles. The fraction of sp³-hybridized carbons (Fsp3) is 0.500. The van der Waals surface area contributed by atoms with E-state index in [4.69, 9.17) is 9.84 Å². The molecule has 0 N–H and O–H groups in total. The Kier molecular flexibility index (Phi) is 7.42. The summed E-state index contributed by atoms with van der Waals surface area (Å²) in [5, 5.41) is 19.2. The second-order valence-corrected chi connectivity index (χ2v) is 11.0. The molecule has 0 aromatic carbocycles. The SMILES string of the molecule is CC\C1=C/C=C(c2cnn(C)c2)\C=C\CCCN1c1nn(C2CCOCC2)c2c1CN(c1nncs1)CC2. The number of rotatable bonds is 5. The molecule has 3 aromatic heterocycles. The lowest BCUT2D eigenvalue weighted by Gasteiger charge is -2.31. The van der Waals surface area contributed by atoms with Crippen molar-refractivity contribution in [2.75, 3.05) is 36.1 Å². The van der Waals surface area contributed by atoms with Crippen molar-refractivity contribution in [3.63, 3.8) is 0 Å². The van der Waals surface area contributed by atoms with Crippen molar-refractivity contribution in [1.29, 1.82) is 0 Å². The summed E-state index contributed by atoms with van der Waals surface area (Å²) in [6, 6.07) is 0.397. The molecule has 0 atom stereocenters. The second-order valence-electron chi connectivity index (χ2n) is 10.2. The van der Waals surface area contributed by atoms with E-state index >= 15 is 0 Å². The topological polar surface area (TPSA) is 77.1 Å². The molecule has 9 nitrogen and oxygen atoms in total. The van der Waals surface area contributed by atoms with E-state index in [0.717, 1.165) is 87.9 Å². The quantitative estimate of drug-likeness (QED) is 0.462. The summed E-state index contributed by atoms with van der Waals surface area (Å²) in [5.41, 5.74) is 8.14. The molecule has 1 fully saturated rings. The predicted octanol–water partition coefficient (Wildman–Crippen LogP) is 4.92. The number of fused-ring (bicyclic) bond motifs is 1. The second kappa shape index (κ2) is 11.2. The van der Waals surface area contributed by atoms with Gasteiger partial charge in [0.25, 0.3) is 0 Å². The third kappa shape index (κ3) is 5.07. The van der Waals surface area contributed by atoms with Crippen LogP contribution in [0.25, 0.3) is 5.57 Å². The Bertz CT molecular complexity index is 1330. The average molecular weight is 533 g/mol. The Morgan fingerprint density at radius 3 is 2.82 bits per heavy atom. The minimum Gasteiger partial charge on any atom is -0.381 e. The van der Waals surface area contributed by atoms with Gasteiger partial charge in [0.15, 0.2) is 5.82 Å². The molecule has 0 unspecified atom stereocenters. The largest absolute Gasteiger partial charge is 0.381 e.